The van der Waals surface area contributed by atoms with E-state index in [-0.39, 0.29) is 12.4 Å². The van der Waals surface area contributed by atoms with Gasteiger partial charge in [-0.1, -0.05) is 79.1 Å². The lowest BCUT2D eigenvalue weighted by Gasteiger charge is -2.39. The van der Waals surface area contributed by atoms with Crippen LogP contribution >= 0.6 is 0 Å². The van der Waals surface area contributed by atoms with Crippen molar-refractivity contribution in [3.8, 4) is 0 Å². The first-order valence-corrected chi connectivity index (χ1v) is 11.8. The molecule has 3 heteroatoms. The number of unbranched alkanes of at least 4 members (excludes halogenated alkanes) is 8. The van der Waals surface area contributed by atoms with Crippen molar-refractivity contribution < 1.29 is 21.6 Å². The predicted octanol–water partition coefficient (Wildman–Crippen LogP) is 4.03. The van der Waals surface area contributed by atoms with Gasteiger partial charge < -0.3 is 21.6 Å². The van der Waals surface area contributed by atoms with Gasteiger partial charge >= 0.3 is 0 Å². The molecule has 0 heterocycles. The molecule has 164 valence electrons. The number of hydrogen-bond donors (Lipinski definition) is 0. The van der Waals surface area contributed by atoms with Crippen LogP contribution in [-0.2, 0) is 4.74 Å². The van der Waals surface area contributed by atoms with Crippen LogP contribution in [0.1, 0.15) is 105 Å². The highest BCUT2D eigenvalue weighted by Gasteiger charge is 2.32. The Morgan fingerprint density at radius 1 is 0.889 bits per heavy atom. The summed E-state index contributed by atoms with van der Waals surface area (Å²) in [4.78, 5) is 0. The normalized spacial score (nSPS) is 23.4. The molecule has 0 N–H and O–H groups in total. The van der Waals surface area contributed by atoms with Gasteiger partial charge in [-0.3, -0.25) is 0 Å². The van der Waals surface area contributed by atoms with Crippen molar-refractivity contribution >= 4 is 0 Å². The fourth-order valence-corrected chi connectivity index (χ4v) is 4.52. The van der Waals surface area contributed by atoms with Crippen molar-refractivity contribution in [2.75, 3.05) is 27.4 Å². The van der Waals surface area contributed by atoms with Gasteiger partial charge in [0, 0.05) is 0 Å². The van der Waals surface area contributed by atoms with Crippen LogP contribution in [0.4, 0.5) is 0 Å². The maximum absolute atomic E-state index is 6.50. The van der Waals surface area contributed by atoms with Crippen LogP contribution in [0.5, 0.6) is 0 Å². The predicted molar refractivity (Wildman–Crippen MR) is 115 cm³/mol. The van der Waals surface area contributed by atoms with E-state index in [2.05, 4.69) is 41.8 Å². The largest absolute Gasteiger partial charge is 1.00 e. The minimum absolute atomic E-state index is 0. The van der Waals surface area contributed by atoms with E-state index in [1.807, 2.05) is 0 Å². The van der Waals surface area contributed by atoms with Crippen LogP contribution in [0.15, 0.2) is 0 Å². The second-order valence-corrected chi connectivity index (χ2v) is 10.1. The molecule has 0 aliphatic heterocycles. The first-order valence-electron chi connectivity index (χ1n) is 11.8. The zero-order valence-electron chi connectivity index (χ0n) is 19.4. The molecule has 2 nitrogen and oxygen atoms in total. The molecule has 1 aliphatic carbocycles. The van der Waals surface area contributed by atoms with Gasteiger partial charge in [0.1, 0.15) is 0 Å². The number of hydrogen-bond acceptors (Lipinski definition) is 1. The van der Waals surface area contributed by atoms with Crippen molar-refractivity contribution in [1.82, 2.24) is 0 Å². The fraction of sp³-hybridized carbons (Fsp3) is 1.00. The molecule has 0 radical (unpaired) electrons. The maximum atomic E-state index is 6.50. The molecule has 0 bridgehead atoms. The number of nitrogens with zero attached hydrogens (tertiary/aromatic N) is 1. The maximum Gasteiger partial charge on any atom is 0.183 e. The second-order valence-electron chi connectivity index (χ2n) is 10.1. The Morgan fingerprint density at radius 2 is 1.44 bits per heavy atom. The van der Waals surface area contributed by atoms with E-state index in [1.165, 1.54) is 83.6 Å². The zero-order chi connectivity index (χ0) is 19.4. The molecule has 0 aromatic rings. The van der Waals surface area contributed by atoms with E-state index in [0.717, 1.165) is 29.0 Å². The summed E-state index contributed by atoms with van der Waals surface area (Å²) in [6, 6.07) is 0. The topological polar surface area (TPSA) is 9.23 Å². The van der Waals surface area contributed by atoms with E-state index >= 15 is 0 Å². The van der Waals surface area contributed by atoms with Gasteiger partial charge in [0.15, 0.2) is 6.73 Å². The summed E-state index contributed by atoms with van der Waals surface area (Å²) in [5.41, 5.74) is 0. The molecule has 1 fully saturated rings. The van der Waals surface area contributed by atoms with Gasteiger partial charge in [-0.15, -0.1) is 0 Å². The Kier molecular flexibility index (Phi) is 15.2. The van der Waals surface area contributed by atoms with Crippen LogP contribution in [0.3, 0.4) is 0 Å². The Labute approximate surface area is 177 Å². The summed E-state index contributed by atoms with van der Waals surface area (Å²) >= 11 is 0. The molecule has 3 atom stereocenters. The SMILES string of the molecule is CCCCCCCCCCC[N+](C)(C)CO[C@@H]1C[C@H](C)CC[C@H]1C(C)C.[Cl-]. The lowest BCUT2D eigenvalue weighted by Crippen LogP contribution is -3.00. The Hall–Kier alpha value is 0.210. The molecule has 1 saturated carbocycles. The van der Waals surface area contributed by atoms with Crippen LogP contribution in [-0.4, -0.2) is 38.0 Å². The molecule has 1 aliphatic rings. The summed E-state index contributed by atoms with van der Waals surface area (Å²) in [6.45, 7) is 11.6. The minimum atomic E-state index is 0. The summed E-state index contributed by atoms with van der Waals surface area (Å²) in [5.74, 6) is 2.35. The van der Waals surface area contributed by atoms with Crippen molar-refractivity contribution in [3.63, 3.8) is 0 Å². The molecule has 0 saturated heterocycles. The minimum Gasteiger partial charge on any atom is -1.00 e. The summed E-state index contributed by atoms with van der Waals surface area (Å²) < 4.78 is 7.52. The van der Waals surface area contributed by atoms with Crippen LogP contribution in [0.25, 0.3) is 0 Å². The number of rotatable bonds is 14. The number of quaternary nitrogens is 1. The summed E-state index contributed by atoms with van der Waals surface area (Å²) in [7, 11) is 4.70. The van der Waals surface area contributed by atoms with Crippen LogP contribution < -0.4 is 12.4 Å². The molecule has 1 rings (SSSR count). The van der Waals surface area contributed by atoms with E-state index in [1.54, 1.807) is 0 Å². The molecule has 0 aromatic heterocycles. The van der Waals surface area contributed by atoms with Crippen molar-refractivity contribution in [3.05, 3.63) is 0 Å². The third-order valence-corrected chi connectivity index (χ3v) is 6.47. The van der Waals surface area contributed by atoms with E-state index in [0.29, 0.717) is 6.10 Å². The van der Waals surface area contributed by atoms with Crippen LogP contribution in [0, 0.1) is 17.8 Å². The molecule has 0 aromatic carbocycles. The van der Waals surface area contributed by atoms with Gasteiger partial charge in [-0.25, -0.2) is 0 Å². The van der Waals surface area contributed by atoms with Crippen molar-refractivity contribution in [2.45, 2.75) is 111 Å². The average Bonchev–Trinajstić information content (AvgIpc) is 2.58. The average molecular weight is 404 g/mol. The first-order chi connectivity index (χ1) is 12.4. The summed E-state index contributed by atoms with van der Waals surface area (Å²) in [5, 5.41) is 0. The standard InChI is InChI=1S/C24H50NO.ClH/c1-7-8-9-10-11-12-13-14-15-18-25(5,6)20-26-24-19-22(4)16-17-23(24)21(2)3;/h21-24H,7-20H2,1-6H3;1H/q+1;/p-1/t22-,23+,24-;/m1./s1. The lowest BCUT2D eigenvalue weighted by atomic mass is 9.75. The van der Waals surface area contributed by atoms with Crippen molar-refractivity contribution in [1.29, 1.82) is 0 Å². The molecular weight excluding hydrogens is 354 g/mol. The molecule has 0 spiro atoms. The van der Waals surface area contributed by atoms with Gasteiger partial charge in [0.2, 0.25) is 0 Å². The number of ether oxygens (including phenoxy) is 1. The quantitative estimate of drug-likeness (QED) is 0.241. The fourth-order valence-electron chi connectivity index (χ4n) is 4.52. The Bertz CT molecular complexity index is 345. The molecule has 27 heavy (non-hydrogen) atoms. The van der Waals surface area contributed by atoms with Gasteiger partial charge in [-0.2, -0.15) is 0 Å². The highest BCUT2D eigenvalue weighted by Crippen LogP contribution is 2.35. The molecule has 0 unspecified atom stereocenters. The second kappa shape index (κ2) is 15.1. The smallest absolute Gasteiger partial charge is 0.183 e. The third-order valence-electron chi connectivity index (χ3n) is 6.47. The molecular formula is C24H50ClNO. The third kappa shape index (κ3) is 12.4. The highest BCUT2D eigenvalue weighted by atomic mass is 35.5. The van der Waals surface area contributed by atoms with Crippen molar-refractivity contribution in [2.24, 2.45) is 17.8 Å². The molecule has 0 amide bonds. The van der Waals surface area contributed by atoms with Gasteiger partial charge in [0.05, 0.1) is 26.7 Å². The van der Waals surface area contributed by atoms with Crippen LogP contribution in [0.2, 0.25) is 0 Å². The highest BCUT2D eigenvalue weighted by molar-refractivity contribution is 4.81. The summed E-state index contributed by atoms with van der Waals surface area (Å²) in [6.07, 6.45) is 17.2. The Morgan fingerprint density at radius 3 is 2.00 bits per heavy atom. The lowest BCUT2D eigenvalue weighted by molar-refractivity contribution is -0.911. The van der Waals surface area contributed by atoms with Gasteiger partial charge in [-0.05, 0) is 43.4 Å². The number of halogens is 1. The zero-order valence-corrected chi connectivity index (χ0v) is 20.2. The monoisotopic (exact) mass is 403 g/mol. The first kappa shape index (κ1) is 27.2. The Balaban J connectivity index is 0.00000676. The van der Waals surface area contributed by atoms with Gasteiger partial charge in [0.25, 0.3) is 0 Å². The van der Waals surface area contributed by atoms with E-state index in [9.17, 15) is 0 Å². The van der Waals surface area contributed by atoms with E-state index in [4.69, 9.17) is 4.74 Å². The van der Waals surface area contributed by atoms with E-state index < -0.39 is 0 Å².